The molecule has 0 radical (unpaired) electrons. The number of amides is 4. The minimum absolute atomic E-state index is 0.00404. The van der Waals surface area contributed by atoms with E-state index in [-0.39, 0.29) is 58.8 Å². The van der Waals surface area contributed by atoms with Crippen LogP contribution in [0.4, 0.5) is 9.59 Å². The molecular weight excluding hydrogens is 801 g/mol. The van der Waals surface area contributed by atoms with Gasteiger partial charge < -0.3 is 44.6 Å². The number of aromatic nitrogens is 4. The van der Waals surface area contributed by atoms with E-state index in [1.165, 1.54) is 25.3 Å². The number of nitrogens with one attached hydrogen (secondary N) is 4. The summed E-state index contributed by atoms with van der Waals surface area (Å²) < 4.78 is 16.2. The van der Waals surface area contributed by atoms with Crippen LogP contribution in [0.1, 0.15) is 128 Å². The summed E-state index contributed by atoms with van der Waals surface area (Å²) in [4.78, 5) is 72.9. The molecule has 0 spiro atoms. The van der Waals surface area contributed by atoms with E-state index in [9.17, 15) is 19.2 Å². The number of nitrogens with zero attached hydrogens (tertiary/aromatic N) is 4. The molecule has 3 saturated heterocycles. The summed E-state index contributed by atoms with van der Waals surface area (Å²) in [7, 11) is 2.60. The minimum atomic E-state index is -0.729. The molecule has 336 valence electrons. The first kappa shape index (κ1) is 43.9. The third-order valence-corrected chi connectivity index (χ3v) is 13.4. The van der Waals surface area contributed by atoms with Crippen LogP contribution >= 0.6 is 0 Å². The maximum absolute atomic E-state index is 14.1. The quantitative estimate of drug-likeness (QED) is 0.115. The Morgan fingerprint density at radius 2 is 1.10 bits per heavy atom. The molecule has 2 bridgehead atoms. The van der Waals surface area contributed by atoms with Crippen molar-refractivity contribution in [3.05, 3.63) is 71.6 Å². The number of methoxy groups -OCH3 is 2. The third-order valence-electron chi connectivity index (χ3n) is 13.4. The van der Waals surface area contributed by atoms with Crippen molar-refractivity contribution in [3.8, 4) is 33.6 Å². The molecule has 2 unspecified atom stereocenters. The summed E-state index contributed by atoms with van der Waals surface area (Å²) in [5, 5.41) is 5.49. The number of hydrogen-bond donors (Lipinski definition) is 4. The van der Waals surface area contributed by atoms with Gasteiger partial charge >= 0.3 is 12.2 Å². The van der Waals surface area contributed by atoms with E-state index in [1.807, 2.05) is 49.9 Å². The van der Waals surface area contributed by atoms with Gasteiger partial charge in [0.2, 0.25) is 11.8 Å². The summed E-state index contributed by atoms with van der Waals surface area (Å²) in [5.74, 6) is 0.855. The van der Waals surface area contributed by atoms with Gasteiger partial charge in [-0.15, -0.1) is 0 Å². The molecule has 4 N–H and O–H groups in total. The summed E-state index contributed by atoms with van der Waals surface area (Å²) in [5.41, 5.74) is 8.06. The van der Waals surface area contributed by atoms with E-state index < -0.39 is 24.3 Å². The van der Waals surface area contributed by atoms with Gasteiger partial charge in [-0.2, -0.15) is 0 Å². The van der Waals surface area contributed by atoms with E-state index in [2.05, 4.69) is 84.7 Å². The Kier molecular flexibility index (Phi) is 11.7. The number of aromatic amines is 2. The average Bonchev–Trinajstić information content (AvgIpc) is 4.12. The van der Waals surface area contributed by atoms with Gasteiger partial charge in [-0.25, -0.2) is 19.6 Å². The molecule has 15 nitrogen and oxygen atoms in total. The zero-order valence-electron chi connectivity index (χ0n) is 38.1. The summed E-state index contributed by atoms with van der Waals surface area (Å²) in [6.45, 7) is 17.3. The van der Waals surface area contributed by atoms with E-state index >= 15 is 0 Å². The van der Waals surface area contributed by atoms with Gasteiger partial charge in [0, 0.05) is 18.7 Å². The Morgan fingerprint density at radius 3 is 1.57 bits per heavy atom. The third kappa shape index (κ3) is 8.43. The lowest BCUT2D eigenvalue weighted by atomic mass is 9.82. The van der Waals surface area contributed by atoms with Crippen molar-refractivity contribution < 1.29 is 33.4 Å². The van der Waals surface area contributed by atoms with Crippen molar-refractivity contribution in [1.29, 1.82) is 0 Å². The van der Waals surface area contributed by atoms with Gasteiger partial charge in [-0.05, 0) is 76.2 Å². The molecular formula is C48H62N8O7. The maximum atomic E-state index is 14.1. The zero-order chi connectivity index (χ0) is 45.1. The van der Waals surface area contributed by atoms with Crippen molar-refractivity contribution in [2.45, 2.75) is 117 Å². The molecule has 6 heterocycles. The predicted molar refractivity (Wildman–Crippen MR) is 237 cm³/mol. The second-order valence-electron chi connectivity index (χ2n) is 20.0. The highest BCUT2D eigenvalue weighted by molar-refractivity contribution is 5.87. The summed E-state index contributed by atoms with van der Waals surface area (Å²) in [6.07, 6.45) is 5.76. The first-order valence-corrected chi connectivity index (χ1v) is 22.2. The molecule has 2 aromatic heterocycles. The fraction of sp³-hybridized carbons (Fsp3) is 0.542. The Labute approximate surface area is 369 Å². The van der Waals surface area contributed by atoms with E-state index in [1.54, 1.807) is 0 Å². The molecule has 4 amide bonds. The number of alkyl carbamates (subject to hydrolysis) is 2. The van der Waals surface area contributed by atoms with Crippen LogP contribution in [0.2, 0.25) is 0 Å². The van der Waals surface area contributed by atoms with Crippen LogP contribution in [-0.4, -0.2) is 93.1 Å². The number of likely N-dealkylation sites (tertiary alicyclic amines) is 2. The van der Waals surface area contributed by atoms with Gasteiger partial charge in [0.25, 0.3) is 0 Å². The number of rotatable bonds is 11. The van der Waals surface area contributed by atoms with Gasteiger partial charge in [-0.1, -0.05) is 91.8 Å². The molecule has 4 aliphatic rings. The molecule has 4 aliphatic heterocycles. The SMILES string of the molecule is COC(=O)N[C@H](C(=O)N1CC(C)(C)C[C@H]1c1ncc(-c2ccc(-c3ccc(-c4cnc([C@@H]5CC(C)(C)CN5C(=O)[C@@H](NC(=O)OC)C(C)C)[nH]4)c4c3C3CCC4O3)cc2)[nH]1)C(C)C. The number of H-pyrrole nitrogens is 2. The number of imidazole rings is 2. The summed E-state index contributed by atoms with van der Waals surface area (Å²) in [6, 6.07) is 10.8. The number of carbonyl (C=O) groups excluding carboxylic acids is 4. The van der Waals surface area contributed by atoms with Gasteiger partial charge in [0.1, 0.15) is 23.7 Å². The van der Waals surface area contributed by atoms with Crippen molar-refractivity contribution >= 4 is 24.0 Å². The van der Waals surface area contributed by atoms with Gasteiger partial charge in [0.15, 0.2) is 0 Å². The first-order valence-electron chi connectivity index (χ1n) is 22.2. The van der Waals surface area contributed by atoms with Crippen LogP contribution in [0, 0.1) is 22.7 Å². The molecule has 8 rings (SSSR count). The number of benzene rings is 2. The van der Waals surface area contributed by atoms with Crippen molar-refractivity contribution in [1.82, 2.24) is 40.4 Å². The zero-order valence-corrected chi connectivity index (χ0v) is 38.1. The van der Waals surface area contributed by atoms with E-state index in [0.717, 1.165) is 65.1 Å². The number of carbonyl (C=O) groups is 4. The van der Waals surface area contributed by atoms with Crippen LogP contribution in [-0.2, 0) is 23.8 Å². The molecule has 0 saturated carbocycles. The Morgan fingerprint density at radius 1 is 0.667 bits per heavy atom. The second-order valence-corrected chi connectivity index (χ2v) is 20.0. The van der Waals surface area contributed by atoms with Crippen LogP contribution in [0.25, 0.3) is 33.6 Å². The molecule has 6 atom stereocenters. The van der Waals surface area contributed by atoms with Gasteiger partial charge in [-0.3, -0.25) is 9.59 Å². The molecule has 63 heavy (non-hydrogen) atoms. The average molecular weight is 863 g/mol. The molecule has 4 aromatic rings. The molecule has 0 aliphatic carbocycles. The Bertz CT molecular complexity index is 2380. The van der Waals surface area contributed by atoms with Gasteiger partial charge in [0.05, 0.1) is 62.3 Å². The topological polar surface area (TPSA) is 184 Å². The highest BCUT2D eigenvalue weighted by atomic mass is 16.5. The standard InChI is InChI=1S/C48H62N8O7/c1-25(2)39(53-45(59)61-9)43(57)55-23-47(5,6)19-33(55)41-49-21-31(51-41)28-13-11-27(12-14-28)29-15-16-30(38-36-18-17-35(63-36)37(29)38)32-22-50-42(52-32)34-20-48(7,8)24-56(34)44(58)40(26(3)4)54-46(60)62-10/h11-16,21-22,25-26,33-36,39-40H,17-20,23-24H2,1-10H3,(H,49,51)(H,50,52)(H,53,59)(H,54,60)/t33-,34-,35?,36?,39-,40-/m0/s1. The van der Waals surface area contributed by atoms with E-state index in [4.69, 9.17) is 24.2 Å². The normalized spacial score (nSPS) is 22.9. The molecule has 3 fully saturated rings. The van der Waals surface area contributed by atoms with Crippen LogP contribution in [0.3, 0.4) is 0 Å². The molecule has 15 heteroatoms. The fourth-order valence-corrected chi connectivity index (χ4v) is 10.3. The van der Waals surface area contributed by atoms with Crippen molar-refractivity contribution in [2.24, 2.45) is 22.7 Å². The monoisotopic (exact) mass is 862 g/mol. The highest BCUT2D eigenvalue weighted by Crippen LogP contribution is 2.56. The van der Waals surface area contributed by atoms with E-state index in [0.29, 0.717) is 18.9 Å². The maximum Gasteiger partial charge on any atom is 0.407 e. The predicted octanol–water partition coefficient (Wildman–Crippen LogP) is 8.40. The second kappa shape index (κ2) is 16.8. The lowest BCUT2D eigenvalue weighted by molar-refractivity contribution is -0.136. The van der Waals surface area contributed by atoms with Crippen LogP contribution in [0.15, 0.2) is 48.8 Å². The largest absolute Gasteiger partial charge is 0.453 e. The lowest BCUT2D eigenvalue weighted by Crippen LogP contribution is -2.51. The Balaban J connectivity index is 1.04. The number of fused-ring (bicyclic) bond motifs is 5. The smallest absolute Gasteiger partial charge is 0.407 e. The molecule has 2 aromatic carbocycles. The van der Waals surface area contributed by atoms with Crippen molar-refractivity contribution in [3.63, 3.8) is 0 Å². The highest BCUT2D eigenvalue weighted by Gasteiger charge is 2.47. The lowest BCUT2D eigenvalue weighted by Gasteiger charge is -2.30. The van der Waals surface area contributed by atoms with Crippen molar-refractivity contribution in [2.75, 3.05) is 27.3 Å². The minimum Gasteiger partial charge on any atom is -0.453 e. The fourth-order valence-electron chi connectivity index (χ4n) is 10.3. The first-order chi connectivity index (χ1) is 29.9. The Hall–Kier alpha value is -5.70. The summed E-state index contributed by atoms with van der Waals surface area (Å²) >= 11 is 0. The number of hydrogen-bond acceptors (Lipinski definition) is 9. The number of ether oxygens (including phenoxy) is 3. The van der Waals surface area contributed by atoms with Crippen LogP contribution in [0.5, 0.6) is 0 Å². The van der Waals surface area contributed by atoms with Crippen LogP contribution < -0.4 is 10.6 Å².